The molecule has 0 saturated heterocycles. The van der Waals surface area contributed by atoms with E-state index in [1.54, 1.807) is 0 Å². The van der Waals surface area contributed by atoms with E-state index in [2.05, 4.69) is 57.5 Å². The summed E-state index contributed by atoms with van der Waals surface area (Å²) in [5.74, 6) is 0.867. The fraction of sp³-hybridized carbons (Fsp3) is 0.320. The molecular weight excluding hydrogens is 342 g/mol. The van der Waals surface area contributed by atoms with Gasteiger partial charge < -0.3 is 0 Å². The van der Waals surface area contributed by atoms with E-state index in [1.807, 2.05) is 49.7 Å². The Balaban J connectivity index is 1.97. The Morgan fingerprint density at radius 1 is 1.04 bits per heavy atom. The molecule has 0 bridgehead atoms. The van der Waals surface area contributed by atoms with E-state index in [-0.39, 0.29) is 10.8 Å². The lowest BCUT2D eigenvalue weighted by molar-refractivity contribution is 0.330. The van der Waals surface area contributed by atoms with Crippen molar-refractivity contribution in [2.75, 3.05) is 7.05 Å². The SMILES string of the molecule is C=Cc1ccccc1/C(=N\C)C(C)(C)CC(C)(C)c1ncc2ccccc2n1. The summed E-state index contributed by atoms with van der Waals surface area (Å²) in [6.45, 7) is 12.9. The van der Waals surface area contributed by atoms with Gasteiger partial charge in [-0.25, -0.2) is 9.97 Å². The van der Waals surface area contributed by atoms with Crippen LogP contribution in [0.3, 0.4) is 0 Å². The zero-order valence-electron chi connectivity index (χ0n) is 17.5. The van der Waals surface area contributed by atoms with Gasteiger partial charge in [-0.3, -0.25) is 4.99 Å². The first-order valence-corrected chi connectivity index (χ1v) is 9.70. The number of hydrogen-bond donors (Lipinski definition) is 0. The third-order valence-corrected chi connectivity index (χ3v) is 5.28. The molecule has 0 saturated carbocycles. The van der Waals surface area contributed by atoms with Crippen molar-refractivity contribution in [1.29, 1.82) is 0 Å². The van der Waals surface area contributed by atoms with Gasteiger partial charge in [0.25, 0.3) is 0 Å². The predicted octanol–water partition coefficient (Wildman–Crippen LogP) is 6.09. The van der Waals surface area contributed by atoms with Gasteiger partial charge in [0, 0.05) is 40.7 Å². The minimum absolute atomic E-state index is 0.160. The number of aliphatic imine (C=N–C) groups is 1. The molecule has 0 aliphatic heterocycles. The quantitative estimate of drug-likeness (QED) is 0.492. The normalized spacial score (nSPS) is 13.0. The van der Waals surface area contributed by atoms with Gasteiger partial charge in [-0.15, -0.1) is 0 Å². The molecule has 3 heteroatoms. The second kappa shape index (κ2) is 7.67. The topological polar surface area (TPSA) is 38.1 Å². The molecule has 3 rings (SSSR count). The lowest BCUT2D eigenvalue weighted by atomic mass is 9.70. The first-order valence-electron chi connectivity index (χ1n) is 9.70. The molecule has 0 fully saturated rings. The Morgan fingerprint density at radius 2 is 1.71 bits per heavy atom. The van der Waals surface area contributed by atoms with E-state index in [9.17, 15) is 0 Å². The van der Waals surface area contributed by atoms with Crippen LogP contribution < -0.4 is 0 Å². The minimum Gasteiger partial charge on any atom is -0.292 e. The van der Waals surface area contributed by atoms with Gasteiger partial charge in [0.05, 0.1) is 5.52 Å². The average Bonchev–Trinajstić information content (AvgIpc) is 2.67. The van der Waals surface area contributed by atoms with Crippen LogP contribution >= 0.6 is 0 Å². The number of para-hydroxylation sites is 1. The molecule has 0 radical (unpaired) electrons. The van der Waals surface area contributed by atoms with Crippen LogP contribution in [0.15, 0.2) is 66.3 Å². The number of fused-ring (bicyclic) bond motifs is 1. The third-order valence-electron chi connectivity index (χ3n) is 5.28. The summed E-state index contributed by atoms with van der Waals surface area (Å²) in [5.41, 5.74) is 3.95. The zero-order valence-corrected chi connectivity index (χ0v) is 17.5. The molecule has 2 aromatic carbocycles. The van der Waals surface area contributed by atoms with Crippen molar-refractivity contribution in [3.05, 3.63) is 78.3 Å². The van der Waals surface area contributed by atoms with Crippen LogP contribution in [0.25, 0.3) is 17.0 Å². The largest absolute Gasteiger partial charge is 0.292 e. The van der Waals surface area contributed by atoms with Crippen LogP contribution in [0, 0.1) is 5.41 Å². The highest BCUT2D eigenvalue weighted by Gasteiger charge is 2.36. The lowest BCUT2D eigenvalue weighted by Gasteiger charge is -2.35. The molecule has 3 aromatic rings. The van der Waals surface area contributed by atoms with Crippen LogP contribution in [0.2, 0.25) is 0 Å². The number of hydrogen-bond acceptors (Lipinski definition) is 3. The first-order chi connectivity index (χ1) is 13.3. The molecule has 1 heterocycles. The van der Waals surface area contributed by atoms with Gasteiger partial charge in [0.15, 0.2) is 0 Å². The van der Waals surface area contributed by atoms with Gasteiger partial charge in [-0.1, -0.05) is 82.8 Å². The molecule has 0 aliphatic carbocycles. The summed E-state index contributed by atoms with van der Waals surface area (Å²) in [7, 11) is 1.87. The Labute approximate surface area is 168 Å². The second-order valence-electron chi connectivity index (χ2n) is 8.56. The van der Waals surface area contributed by atoms with Crippen molar-refractivity contribution in [3.8, 4) is 0 Å². The maximum Gasteiger partial charge on any atom is 0.134 e. The fourth-order valence-corrected chi connectivity index (χ4v) is 4.24. The standard InChI is InChI=1S/C25H29N3/c1-7-18-12-8-10-14-20(18)22(26-6)24(2,3)17-25(4,5)23-27-16-19-13-9-11-15-21(19)28-23/h7-16H,1,17H2,2-6H3/b26-22+. The highest BCUT2D eigenvalue weighted by molar-refractivity contribution is 6.06. The Hall–Kier alpha value is -2.81. The molecular formula is C25H29N3. The van der Waals surface area contributed by atoms with E-state index in [0.717, 1.165) is 40.0 Å². The van der Waals surface area contributed by atoms with Crippen molar-refractivity contribution in [1.82, 2.24) is 9.97 Å². The van der Waals surface area contributed by atoms with Gasteiger partial charge in [0.2, 0.25) is 0 Å². The van der Waals surface area contributed by atoms with Gasteiger partial charge in [0.1, 0.15) is 5.82 Å². The molecule has 28 heavy (non-hydrogen) atoms. The Kier molecular flexibility index (Phi) is 5.46. The number of nitrogens with zero attached hydrogens (tertiary/aromatic N) is 3. The summed E-state index contributed by atoms with van der Waals surface area (Å²) in [6, 6.07) is 16.4. The predicted molar refractivity (Wildman–Crippen MR) is 120 cm³/mol. The van der Waals surface area contributed by atoms with E-state index in [0.29, 0.717) is 0 Å². The van der Waals surface area contributed by atoms with Crippen LogP contribution in [0.4, 0.5) is 0 Å². The number of aromatic nitrogens is 2. The van der Waals surface area contributed by atoms with Crippen LogP contribution in [0.1, 0.15) is 51.1 Å². The van der Waals surface area contributed by atoms with Crippen molar-refractivity contribution >= 4 is 22.7 Å². The minimum atomic E-state index is -0.202. The van der Waals surface area contributed by atoms with Crippen LogP contribution in [-0.2, 0) is 5.41 Å². The number of benzene rings is 2. The monoisotopic (exact) mass is 371 g/mol. The molecule has 0 unspecified atom stereocenters. The summed E-state index contributed by atoms with van der Waals surface area (Å²) < 4.78 is 0. The molecule has 0 atom stereocenters. The first kappa shape index (κ1) is 19.9. The van der Waals surface area contributed by atoms with Gasteiger partial charge >= 0.3 is 0 Å². The highest BCUT2D eigenvalue weighted by atomic mass is 14.9. The molecule has 144 valence electrons. The third kappa shape index (κ3) is 3.89. The van der Waals surface area contributed by atoms with Gasteiger partial charge in [-0.05, 0) is 18.1 Å². The molecule has 3 nitrogen and oxygen atoms in total. The average molecular weight is 372 g/mol. The summed E-state index contributed by atoms with van der Waals surface area (Å²) in [6.07, 6.45) is 4.69. The second-order valence-corrected chi connectivity index (χ2v) is 8.56. The van der Waals surface area contributed by atoms with E-state index < -0.39 is 0 Å². The molecule has 0 N–H and O–H groups in total. The zero-order chi connectivity index (χ0) is 20.4. The van der Waals surface area contributed by atoms with Crippen LogP contribution in [-0.4, -0.2) is 22.7 Å². The summed E-state index contributed by atoms with van der Waals surface area (Å²) >= 11 is 0. The Bertz CT molecular complexity index is 1030. The van der Waals surface area contributed by atoms with Crippen molar-refractivity contribution in [2.24, 2.45) is 10.4 Å². The molecule has 0 aliphatic rings. The molecule has 0 spiro atoms. The number of rotatable bonds is 6. The van der Waals surface area contributed by atoms with E-state index >= 15 is 0 Å². The smallest absolute Gasteiger partial charge is 0.134 e. The maximum absolute atomic E-state index is 4.86. The van der Waals surface area contributed by atoms with E-state index in [4.69, 9.17) is 9.98 Å². The van der Waals surface area contributed by atoms with Gasteiger partial charge in [-0.2, -0.15) is 0 Å². The van der Waals surface area contributed by atoms with Crippen molar-refractivity contribution < 1.29 is 0 Å². The van der Waals surface area contributed by atoms with Crippen molar-refractivity contribution in [3.63, 3.8) is 0 Å². The summed E-state index contributed by atoms with van der Waals surface area (Å²) in [4.78, 5) is 14.2. The highest BCUT2D eigenvalue weighted by Crippen LogP contribution is 2.38. The van der Waals surface area contributed by atoms with Crippen molar-refractivity contribution in [2.45, 2.75) is 39.5 Å². The summed E-state index contributed by atoms with van der Waals surface area (Å²) in [5, 5.41) is 1.07. The fourth-order valence-electron chi connectivity index (χ4n) is 4.24. The van der Waals surface area contributed by atoms with Crippen LogP contribution in [0.5, 0.6) is 0 Å². The van der Waals surface area contributed by atoms with E-state index in [1.165, 1.54) is 0 Å². The molecule has 1 aromatic heterocycles. The Morgan fingerprint density at radius 3 is 2.43 bits per heavy atom. The lowest BCUT2D eigenvalue weighted by Crippen LogP contribution is -2.35. The maximum atomic E-state index is 4.86. The molecule has 0 amide bonds.